The molecule has 0 saturated carbocycles. The molecule has 0 spiro atoms. The topological polar surface area (TPSA) is 77.2 Å². The van der Waals surface area contributed by atoms with Gasteiger partial charge in [-0.15, -0.1) is 0 Å². The van der Waals surface area contributed by atoms with Gasteiger partial charge < -0.3 is 5.73 Å². The van der Waals surface area contributed by atoms with Crippen molar-refractivity contribution in [3.8, 4) is 0 Å². The summed E-state index contributed by atoms with van der Waals surface area (Å²) in [5, 5.41) is 0. The van der Waals surface area contributed by atoms with Gasteiger partial charge in [0.25, 0.3) is 0 Å². The van der Waals surface area contributed by atoms with Gasteiger partial charge in [-0.25, -0.2) is 0 Å². The highest BCUT2D eigenvalue weighted by Gasteiger charge is 2.41. The zero-order valence-electron chi connectivity index (χ0n) is 8.11. The van der Waals surface area contributed by atoms with Crippen LogP contribution in [-0.4, -0.2) is 17.3 Å². The lowest BCUT2D eigenvalue weighted by Gasteiger charge is -1.98. The molecule has 0 bridgehead atoms. The summed E-state index contributed by atoms with van der Waals surface area (Å²) >= 11 is 0. The first-order chi connectivity index (χ1) is 7.02. The van der Waals surface area contributed by atoms with Crippen LogP contribution in [0.4, 0.5) is 5.69 Å². The highest BCUT2D eigenvalue weighted by molar-refractivity contribution is 6.35. The Morgan fingerprint density at radius 2 is 1.80 bits per heavy atom. The second kappa shape index (κ2) is 3.02. The van der Waals surface area contributed by atoms with Crippen molar-refractivity contribution in [2.75, 3.05) is 5.73 Å². The van der Waals surface area contributed by atoms with Gasteiger partial charge in [0.15, 0.2) is 11.6 Å². The number of hydrogen-bond donors (Lipinski definition) is 1. The number of carbonyl (C=O) groups excluding carboxylic acids is 3. The number of nitrogens with two attached hydrogens (primary N) is 1. The van der Waals surface area contributed by atoms with Crippen molar-refractivity contribution in [3.05, 3.63) is 29.3 Å². The van der Waals surface area contributed by atoms with Crippen LogP contribution in [-0.2, 0) is 4.79 Å². The number of hydrogen-bond acceptors (Lipinski definition) is 4. The zero-order chi connectivity index (χ0) is 11.2. The van der Waals surface area contributed by atoms with Gasteiger partial charge in [-0.3, -0.25) is 14.4 Å². The Kier molecular flexibility index (Phi) is 1.93. The molecule has 4 heteroatoms. The lowest BCUT2D eigenvalue weighted by molar-refractivity contribution is -0.118. The fourth-order valence-electron chi connectivity index (χ4n) is 1.78. The number of ketones is 3. The molecule has 0 fully saturated rings. The summed E-state index contributed by atoms with van der Waals surface area (Å²) in [6.45, 7) is 1.25. The van der Waals surface area contributed by atoms with Crippen LogP contribution >= 0.6 is 0 Å². The van der Waals surface area contributed by atoms with Gasteiger partial charge in [-0.05, 0) is 25.1 Å². The summed E-state index contributed by atoms with van der Waals surface area (Å²) in [6.07, 6.45) is 0. The number of nitrogen functional groups attached to an aromatic ring is 1. The molecule has 15 heavy (non-hydrogen) atoms. The fraction of sp³-hybridized carbons (Fsp3) is 0.182. The smallest absolute Gasteiger partial charge is 0.181 e. The van der Waals surface area contributed by atoms with Crippen molar-refractivity contribution >= 4 is 23.0 Å². The molecule has 0 saturated heterocycles. The molecule has 76 valence electrons. The van der Waals surface area contributed by atoms with Gasteiger partial charge in [0.05, 0.1) is 0 Å². The van der Waals surface area contributed by atoms with Crippen LogP contribution < -0.4 is 5.73 Å². The maximum Gasteiger partial charge on any atom is 0.181 e. The number of benzene rings is 1. The van der Waals surface area contributed by atoms with E-state index in [1.807, 2.05) is 0 Å². The Balaban J connectivity index is 2.60. The molecule has 2 N–H and O–H groups in total. The molecule has 4 nitrogen and oxygen atoms in total. The first-order valence-electron chi connectivity index (χ1n) is 4.51. The molecule has 0 heterocycles. The quantitative estimate of drug-likeness (QED) is 0.542. The maximum atomic E-state index is 11.7. The number of rotatable bonds is 1. The van der Waals surface area contributed by atoms with E-state index in [1.165, 1.54) is 19.1 Å². The summed E-state index contributed by atoms with van der Waals surface area (Å²) in [5.74, 6) is -2.42. The Hall–Kier alpha value is -1.97. The Labute approximate surface area is 86.1 Å². The zero-order valence-corrected chi connectivity index (χ0v) is 8.11. The third kappa shape index (κ3) is 1.26. The van der Waals surface area contributed by atoms with Gasteiger partial charge >= 0.3 is 0 Å². The average Bonchev–Trinajstić information content (AvgIpc) is 2.39. The van der Waals surface area contributed by atoms with E-state index in [1.54, 1.807) is 6.07 Å². The van der Waals surface area contributed by atoms with E-state index >= 15 is 0 Å². The lowest BCUT2D eigenvalue weighted by Crippen LogP contribution is -2.22. The van der Waals surface area contributed by atoms with E-state index in [2.05, 4.69) is 0 Å². The average molecular weight is 203 g/mol. The molecule has 2 rings (SSSR count). The normalized spacial score (nSPS) is 19.1. The summed E-state index contributed by atoms with van der Waals surface area (Å²) < 4.78 is 0. The molecule has 0 radical (unpaired) electrons. The van der Waals surface area contributed by atoms with E-state index < -0.39 is 23.3 Å². The molecule has 1 aliphatic carbocycles. The second-order valence-electron chi connectivity index (χ2n) is 3.58. The minimum absolute atomic E-state index is 0.264. The SMILES string of the molecule is CC(=O)C1C(=O)c2ccc(N)cc2C1=O. The van der Waals surface area contributed by atoms with E-state index in [9.17, 15) is 14.4 Å². The molecule has 1 unspecified atom stereocenters. The van der Waals surface area contributed by atoms with Crippen LogP contribution in [0.5, 0.6) is 0 Å². The summed E-state index contributed by atoms with van der Waals surface area (Å²) in [5.41, 5.74) is 6.49. The number of carbonyl (C=O) groups is 3. The molecule has 1 aromatic carbocycles. The molecular weight excluding hydrogens is 194 g/mol. The molecule has 0 aliphatic heterocycles. The van der Waals surface area contributed by atoms with Gasteiger partial charge in [0, 0.05) is 16.8 Å². The lowest BCUT2D eigenvalue weighted by atomic mass is 10.00. The van der Waals surface area contributed by atoms with Crippen LogP contribution in [0.2, 0.25) is 0 Å². The predicted octanol–water partition coefficient (Wildman–Crippen LogP) is 0.853. The molecular formula is C11H9NO3. The number of anilines is 1. The van der Waals surface area contributed by atoms with Crippen LogP contribution in [0.15, 0.2) is 18.2 Å². The molecule has 0 aromatic heterocycles. The fourth-order valence-corrected chi connectivity index (χ4v) is 1.78. The van der Waals surface area contributed by atoms with Crippen molar-refractivity contribution < 1.29 is 14.4 Å². The van der Waals surface area contributed by atoms with E-state index in [4.69, 9.17) is 5.73 Å². The molecule has 1 aliphatic rings. The third-order valence-corrected chi connectivity index (χ3v) is 2.51. The highest BCUT2D eigenvalue weighted by atomic mass is 16.2. The van der Waals surface area contributed by atoms with Gasteiger partial charge in [0.1, 0.15) is 11.7 Å². The standard InChI is InChI=1S/C11H9NO3/c1-5(13)9-10(14)7-3-2-6(12)4-8(7)11(9)15/h2-4,9H,12H2,1H3. The van der Waals surface area contributed by atoms with Crippen LogP contribution in [0, 0.1) is 5.92 Å². The van der Waals surface area contributed by atoms with E-state index in [0.717, 1.165) is 0 Å². The first-order valence-corrected chi connectivity index (χ1v) is 4.51. The predicted molar refractivity (Wildman–Crippen MR) is 53.7 cm³/mol. The van der Waals surface area contributed by atoms with Crippen LogP contribution in [0.3, 0.4) is 0 Å². The van der Waals surface area contributed by atoms with E-state index in [0.29, 0.717) is 11.3 Å². The van der Waals surface area contributed by atoms with Crippen LogP contribution in [0.1, 0.15) is 27.6 Å². The first kappa shape index (κ1) is 9.58. The number of Topliss-reactive ketones (excluding diaryl/α,β-unsaturated/α-hetero) is 3. The molecule has 1 atom stereocenters. The third-order valence-electron chi connectivity index (χ3n) is 2.51. The van der Waals surface area contributed by atoms with Gasteiger partial charge in [0.2, 0.25) is 0 Å². The Morgan fingerprint density at radius 1 is 1.20 bits per heavy atom. The van der Waals surface area contributed by atoms with Crippen molar-refractivity contribution in [3.63, 3.8) is 0 Å². The molecule has 1 aromatic rings. The summed E-state index contributed by atoms with van der Waals surface area (Å²) in [6, 6.07) is 4.48. The largest absolute Gasteiger partial charge is 0.399 e. The van der Waals surface area contributed by atoms with Crippen molar-refractivity contribution in [1.82, 2.24) is 0 Å². The number of fused-ring (bicyclic) bond motifs is 1. The van der Waals surface area contributed by atoms with Gasteiger partial charge in [-0.2, -0.15) is 0 Å². The van der Waals surface area contributed by atoms with Gasteiger partial charge in [-0.1, -0.05) is 0 Å². The van der Waals surface area contributed by atoms with Crippen molar-refractivity contribution in [1.29, 1.82) is 0 Å². The summed E-state index contributed by atoms with van der Waals surface area (Å²) in [7, 11) is 0. The van der Waals surface area contributed by atoms with Crippen LogP contribution in [0.25, 0.3) is 0 Å². The highest BCUT2D eigenvalue weighted by Crippen LogP contribution is 2.28. The van der Waals surface area contributed by atoms with Crippen molar-refractivity contribution in [2.45, 2.75) is 6.92 Å². The monoisotopic (exact) mass is 203 g/mol. The Morgan fingerprint density at radius 3 is 2.40 bits per heavy atom. The van der Waals surface area contributed by atoms with E-state index in [-0.39, 0.29) is 5.56 Å². The summed E-state index contributed by atoms with van der Waals surface area (Å²) in [4.78, 5) is 34.5. The second-order valence-corrected chi connectivity index (χ2v) is 3.58. The van der Waals surface area contributed by atoms with Crippen molar-refractivity contribution in [2.24, 2.45) is 5.92 Å². The minimum atomic E-state index is -1.15. The minimum Gasteiger partial charge on any atom is -0.399 e. The Bertz CT molecular complexity index is 491. The molecule has 0 amide bonds. The maximum absolute atomic E-state index is 11.7.